The first-order valence-corrected chi connectivity index (χ1v) is 11.5. The predicted octanol–water partition coefficient (Wildman–Crippen LogP) is 4.31. The van der Waals surface area contributed by atoms with Gasteiger partial charge in [0, 0.05) is 43.9 Å². The van der Waals surface area contributed by atoms with E-state index in [1.54, 1.807) is 41.7 Å². The number of fused-ring (bicyclic) bond motifs is 1. The second-order valence-corrected chi connectivity index (χ2v) is 8.75. The van der Waals surface area contributed by atoms with Crippen molar-refractivity contribution in [1.29, 1.82) is 0 Å². The van der Waals surface area contributed by atoms with Crippen molar-refractivity contribution in [2.45, 2.75) is 25.8 Å². The molecule has 1 aliphatic rings. The molecule has 1 aliphatic heterocycles. The van der Waals surface area contributed by atoms with E-state index in [0.29, 0.717) is 22.9 Å². The minimum atomic E-state index is -0.213. The van der Waals surface area contributed by atoms with Gasteiger partial charge in [-0.1, -0.05) is 23.5 Å². The summed E-state index contributed by atoms with van der Waals surface area (Å²) in [6.45, 7) is 1.22. The Kier molecular flexibility index (Phi) is 7.04. The third-order valence-corrected chi connectivity index (χ3v) is 6.60. The summed E-state index contributed by atoms with van der Waals surface area (Å²) in [5.74, 6) is -0.602. The van der Waals surface area contributed by atoms with Crippen molar-refractivity contribution in [1.82, 2.24) is 14.5 Å². The summed E-state index contributed by atoms with van der Waals surface area (Å²) in [4.78, 5) is 49.2. The van der Waals surface area contributed by atoms with Crippen LogP contribution in [0.3, 0.4) is 0 Å². The topological polar surface area (TPSA) is 88.4 Å². The van der Waals surface area contributed by atoms with Gasteiger partial charge in [0.1, 0.15) is 0 Å². The van der Waals surface area contributed by atoms with Crippen molar-refractivity contribution in [3.05, 3.63) is 72.8 Å². The number of aryl methyl sites for hydroxylation is 1. The molecule has 174 valence electrons. The second-order valence-electron chi connectivity index (χ2n) is 7.74. The quantitative estimate of drug-likeness (QED) is 0.356. The van der Waals surface area contributed by atoms with E-state index in [-0.39, 0.29) is 43.0 Å². The zero-order valence-electron chi connectivity index (χ0n) is 18.2. The molecule has 0 unspecified atom stereocenters. The Morgan fingerprint density at radius 1 is 1.03 bits per heavy atom. The number of imidazole rings is 1. The van der Waals surface area contributed by atoms with E-state index in [4.69, 9.17) is 0 Å². The number of thiazole rings is 1. The van der Waals surface area contributed by atoms with E-state index in [9.17, 15) is 14.4 Å². The van der Waals surface area contributed by atoms with Crippen LogP contribution in [-0.2, 0) is 16.1 Å². The van der Waals surface area contributed by atoms with E-state index < -0.39 is 0 Å². The molecule has 5 rings (SSSR count). The van der Waals surface area contributed by atoms with Crippen LogP contribution >= 0.6 is 23.7 Å². The molecule has 0 bridgehead atoms. The van der Waals surface area contributed by atoms with Crippen molar-refractivity contribution in [3.8, 4) is 0 Å². The zero-order chi connectivity index (χ0) is 22.8. The fourth-order valence-corrected chi connectivity index (χ4v) is 4.85. The average Bonchev–Trinajstić information content (AvgIpc) is 3.57. The van der Waals surface area contributed by atoms with Crippen molar-refractivity contribution < 1.29 is 14.4 Å². The molecule has 0 N–H and O–H groups in total. The van der Waals surface area contributed by atoms with Crippen molar-refractivity contribution in [2.24, 2.45) is 0 Å². The molecule has 0 aliphatic carbocycles. The van der Waals surface area contributed by atoms with Crippen LogP contribution in [0.2, 0.25) is 0 Å². The highest BCUT2D eigenvalue weighted by atomic mass is 35.5. The number of imide groups is 1. The third kappa shape index (κ3) is 4.71. The Labute approximate surface area is 206 Å². The van der Waals surface area contributed by atoms with Gasteiger partial charge in [0.15, 0.2) is 5.13 Å². The largest absolute Gasteiger partial charge is 0.337 e. The standard InChI is InChI=1S/C24H21N5O3S.ClH/c30-21-10-11-22(31)29(21)18-8-6-17(7-9-18)23(32)28(14-3-13-27-15-12-25-16-27)24-26-19-4-1-2-5-20(19)33-24;/h1-2,4-9,12,15-16H,3,10-11,13-14H2;1H. The fourth-order valence-electron chi connectivity index (χ4n) is 3.86. The highest BCUT2D eigenvalue weighted by molar-refractivity contribution is 7.22. The summed E-state index contributed by atoms with van der Waals surface area (Å²) in [5, 5.41) is 0.640. The van der Waals surface area contributed by atoms with Crippen LogP contribution < -0.4 is 9.80 Å². The number of carbonyl (C=O) groups is 3. The van der Waals surface area contributed by atoms with E-state index in [1.165, 1.54) is 16.2 Å². The molecule has 1 fully saturated rings. The van der Waals surface area contributed by atoms with Gasteiger partial charge in [-0.2, -0.15) is 0 Å². The maximum Gasteiger partial charge on any atom is 0.260 e. The van der Waals surface area contributed by atoms with Crippen LogP contribution in [0.4, 0.5) is 10.8 Å². The first-order chi connectivity index (χ1) is 16.1. The number of para-hydroxylation sites is 1. The predicted molar refractivity (Wildman–Crippen MR) is 134 cm³/mol. The van der Waals surface area contributed by atoms with E-state index in [2.05, 4.69) is 9.97 Å². The second kappa shape index (κ2) is 10.1. The van der Waals surface area contributed by atoms with Crippen molar-refractivity contribution >= 4 is 62.5 Å². The SMILES string of the molecule is Cl.O=C(c1ccc(N2C(=O)CCC2=O)cc1)N(CCCn1ccnc1)c1nc2ccccc2s1. The summed E-state index contributed by atoms with van der Waals surface area (Å²) < 4.78 is 2.99. The first kappa shape index (κ1) is 23.6. The summed E-state index contributed by atoms with van der Waals surface area (Å²) in [7, 11) is 0. The van der Waals surface area contributed by atoms with E-state index >= 15 is 0 Å². The van der Waals surface area contributed by atoms with Gasteiger partial charge in [0.2, 0.25) is 11.8 Å². The number of halogens is 1. The number of anilines is 2. The van der Waals surface area contributed by atoms with Crippen LogP contribution in [0.15, 0.2) is 67.3 Å². The number of nitrogens with zero attached hydrogens (tertiary/aromatic N) is 5. The summed E-state index contributed by atoms with van der Waals surface area (Å²) in [6, 6.07) is 14.4. The molecule has 2 aromatic carbocycles. The number of hydrogen-bond acceptors (Lipinski definition) is 6. The molecule has 3 amide bonds. The van der Waals surface area contributed by atoms with Gasteiger partial charge < -0.3 is 4.57 Å². The molecule has 8 nitrogen and oxygen atoms in total. The lowest BCUT2D eigenvalue weighted by molar-refractivity contribution is -0.121. The number of rotatable bonds is 7. The number of carbonyl (C=O) groups excluding carboxylic acids is 3. The lowest BCUT2D eigenvalue weighted by atomic mass is 10.1. The minimum Gasteiger partial charge on any atom is -0.337 e. The maximum atomic E-state index is 13.5. The van der Waals surface area contributed by atoms with Gasteiger partial charge in [-0.25, -0.2) is 9.97 Å². The number of aromatic nitrogens is 3. The highest BCUT2D eigenvalue weighted by Crippen LogP contribution is 2.30. The molecule has 3 heterocycles. The van der Waals surface area contributed by atoms with Crippen molar-refractivity contribution in [3.63, 3.8) is 0 Å². The first-order valence-electron chi connectivity index (χ1n) is 10.7. The molecule has 2 aromatic heterocycles. The number of hydrogen-bond donors (Lipinski definition) is 0. The molecular weight excluding hydrogens is 474 g/mol. The molecule has 0 atom stereocenters. The lowest BCUT2D eigenvalue weighted by Crippen LogP contribution is -2.32. The van der Waals surface area contributed by atoms with Crippen molar-refractivity contribution in [2.75, 3.05) is 16.3 Å². The monoisotopic (exact) mass is 495 g/mol. The Morgan fingerprint density at radius 2 is 1.76 bits per heavy atom. The van der Waals surface area contributed by atoms with Gasteiger partial charge in [0.05, 0.1) is 22.2 Å². The van der Waals surface area contributed by atoms with Crippen LogP contribution in [-0.4, -0.2) is 38.8 Å². The van der Waals surface area contributed by atoms with Crippen LogP contribution in [0.25, 0.3) is 10.2 Å². The summed E-state index contributed by atoms with van der Waals surface area (Å²) >= 11 is 1.48. The molecule has 10 heteroatoms. The summed E-state index contributed by atoms with van der Waals surface area (Å²) in [6.07, 6.45) is 6.55. The van der Waals surface area contributed by atoms with Gasteiger partial charge in [-0.3, -0.25) is 24.2 Å². The van der Waals surface area contributed by atoms with Crippen LogP contribution in [0.5, 0.6) is 0 Å². The molecular formula is C24H22ClN5O3S. The van der Waals surface area contributed by atoms with E-state index in [1.807, 2.05) is 35.0 Å². The van der Waals surface area contributed by atoms with Crippen LogP contribution in [0, 0.1) is 0 Å². The lowest BCUT2D eigenvalue weighted by Gasteiger charge is -2.21. The third-order valence-electron chi connectivity index (χ3n) is 5.54. The zero-order valence-corrected chi connectivity index (χ0v) is 19.8. The number of benzene rings is 2. The van der Waals surface area contributed by atoms with Gasteiger partial charge in [-0.15, -0.1) is 12.4 Å². The molecule has 0 radical (unpaired) electrons. The normalized spacial score (nSPS) is 13.4. The van der Waals surface area contributed by atoms with Gasteiger partial charge >= 0.3 is 0 Å². The molecule has 0 saturated carbocycles. The summed E-state index contributed by atoms with van der Waals surface area (Å²) in [5.41, 5.74) is 1.82. The van der Waals surface area contributed by atoms with Crippen LogP contribution in [0.1, 0.15) is 29.6 Å². The van der Waals surface area contributed by atoms with E-state index in [0.717, 1.165) is 23.2 Å². The highest BCUT2D eigenvalue weighted by Gasteiger charge is 2.30. The molecule has 0 spiro atoms. The van der Waals surface area contributed by atoms with Gasteiger partial charge in [0.25, 0.3) is 5.91 Å². The minimum absolute atomic E-state index is 0. The Morgan fingerprint density at radius 3 is 2.44 bits per heavy atom. The average molecular weight is 496 g/mol. The molecule has 1 saturated heterocycles. The Balaban J connectivity index is 0.00000274. The molecule has 4 aromatic rings. The fraction of sp³-hybridized carbons (Fsp3) is 0.208. The van der Waals surface area contributed by atoms with Gasteiger partial charge in [-0.05, 0) is 42.8 Å². The Bertz CT molecular complexity index is 1270. The molecule has 34 heavy (non-hydrogen) atoms. The Hall–Kier alpha value is -3.56. The number of amides is 3. The maximum absolute atomic E-state index is 13.5. The smallest absolute Gasteiger partial charge is 0.260 e.